The molecule has 0 fully saturated rings. The minimum absolute atomic E-state index is 0.477. The lowest BCUT2D eigenvalue weighted by atomic mass is 10.4. The summed E-state index contributed by atoms with van der Waals surface area (Å²) in [5.41, 5.74) is 0. The van der Waals surface area contributed by atoms with E-state index < -0.39 is 0 Å². The van der Waals surface area contributed by atoms with Crippen LogP contribution in [0.3, 0.4) is 0 Å². The van der Waals surface area contributed by atoms with Gasteiger partial charge >= 0.3 is 0 Å². The van der Waals surface area contributed by atoms with Crippen molar-refractivity contribution in [2.75, 3.05) is 26.8 Å². The highest BCUT2D eigenvalue weighted by Crippen LogP contribution is 2.21. The molecular weight excluding hydrogens is 244 g/mol. The van der Waals surface area contributed by atoms with E-state index in [0.717, 1.165) is 24.7 Å². The van der Waals surface area contributed by atoms with Crippen LogP contribution in [0.25, 0.3) is 0 Å². The standard InChI is InChI=1S/C11H17ClN2OS/c1-9(7-13-5-6-15-2)16-11-4-3-10(12)8-14-11/h3-4,8-9,13H,5-7H2,1-2H3. The molecule has 3 nitrogen and oxygen atoms in total. The lowest BCUT2D eigenvalue weighted by molar-refractivity contribution is 0.199. The summed E-state index contributed by atoms with van der Waals surface area (Å²) in [5, 5.41) is 5.48. The van der Waals surface area contributed by atoms with Gasteiger partial charge in [0.05, 0.1) is 16.7 Å². The Labute approximate surface area is 106 Å². The van der Waals surface area contributed by atoms with Crippen LogP contribution in [0.4, 0.5) is 0 Å². The van der Waals surface area contributed by atoms with Crippen molar-refractivity contribution < 1.29 is 4.74 Å². The van der Waals surface area contributed by atoms with Crippen LogP contribution in [-0.4, -0.2) is 37.0 Å². The van der Waals surface area contributed by atoms with Crippen LogP contribution < -0.4 is 5.32 Å². The van der Waals surface area contributed by atoms with E-state index in [1.165, 1.54) is 0 Å². The fraction of sp³-hybridized carbons (Fsp3) is 0.545. The van der Waals surface area contributed by atoms with Crippen molar-refractivity contribution >= 4 is 23.4 Å². The molecule has 0 spiro atoms. The molecule has 0 saturated carbocycles. The van der Waals surface area contributed by atoms with E-state index in [1.807, 2.05) is 12.1 Å². The molecule has 0 aliphatic carbocycles. The molecule has 1 unspecified atom stereocenters. The number of nitrogens with one attached hydrogen (secondary N) is 1. The first-order chi connectivity index (χ1) is 7.72. The molecule has 5 heteroatoms. The summed E-state index contributed by atoms with van der Waals surface area (Å²) in [6.45, 7) is 4.74. The Morgan fingerprint density at radius 2 is 2.38 bits per heavy atom. The molecule has 1 aromatic heterocycles. The van der Waals surface area contributed by atoms with Gasteiger partial charge in [-0.1, -0.05) is 18.5 Å². The maximum Gasteiger partial charge on any atom is 0.0964 e. The van der Waals surface area contributed by atoms with Gasteiger partial charge in [-0.2, -0.15) is 0 Å². The number of halogens is 1. The van der Waals surface area contributed by atoms with Crippen molar-refractivity contribution in [3.63, 3.8) is 0 Å². The summed E-state index contributed by atoms with van der Waals surface area (Å²) in [4.78, 5) is 4.24. The first-order valence-corrected chi connectivity index (χ1v) is 6.46. The second kappa shape index (κ2) is 7.90. The minimum atomic E-state index is 0.477. The maximum absolute atomic E-state index is 5.77. The summed E-state index contributed by atoms with van der Waals surface area (Å²) in [6, 6.07) is 3.81. The minimum Gasteiger partial charge on any atom is -0.383 e. The van der Waals surface area contributed by atoms with E-state index in [1.54, 1.807) is 25.1 Å². The van der Waals surface area contributed by atoms with Crippen molar-refractivity contribution in [1.29, 1.82) is 0 Å². The van der Waals surface area contributed by atoms with Crippen LogP contribution in [0.2, 0.25) is 5.02 Å². The quantitative estimate of drug-likeness (QED) is 0.603. The van der Waals surface area contributed by atoms with Crippen molar-refractivity contribution in [2.24, 2.45) is 0 Å². The smallest absolute Gasteiger partial charge is 0.0964 e. The Hall–Kier alpha value is -0.290. The number of ether oxygens (including phenoxy) is 1. The van der Waals surface area contributed by atoms with Crippen LogP contribution in [-0.2, 0) is 4.74 Å². The Morgan fingerprint density at radius 1 is 1.56 bits per heavy atom. The molecular formula is C11H17ClN2OS. The fourth-order valence-corrected chi connectivity index (χ4v) is 2.14. The van der Waals surface area contributed by atoms with Gasteiger partial charge in [0.15, 0.2) is 0 Å². The van der Waals surface area contributed by atoms with Gasteiger partial charge in [0.25, 0.3) is 0 Å². The molecule has 0 radical (unpaired) electrons. The third-order valence-electron chi connectivity index (χ3n) is 1.94. The van der Waals surface area contributed by atoms with Crippen LogP contribution in [0, 0.1) is 0 Å². The van der Waals surface area contributed by atoms with E-state index in [4.69, 9.17) is 16.3 Å². The Morgan fingerprint density at radius 3 is 3.00 bits per heavy atom. The Balaban J connectivity index is 2.23. The number of pyridine rings is 1. The SMILES string of the molecule is COCCNCC(C)Sc1ccc(Cl)cn1. The largest absolute Gasteiger partial charge is 0.383 e. The van der Waals surface area contributed by atoms with Gasteiger partial charge in [-0.15, -0.1) is 11.8 Å². The number of hydrogen-bond acceptors (Lipinski definition) is 4. The molecule has 1 heterocycles. The molecule has 90 valence electrons. The molecule has 0 aliphatic heterocycles. The molecule has 0 aromatic carbocycles. The number of nitrogens with zero attached hydrogens (tertiary/aromatic N) is 1. The van der Waals surface area contributed by atoms with E-state index in [2.05, 4.69) is 17.2 Å². The molecule has 0 bridgehead atoms. The van der Waals surface area contributed by atoms with Gasteiger partial charge in [0.2, 0.25) is 0 Å². The zero-order chi connectivity index (χ0) is 11.8. The van der Waals surface area contributed by atoms with Gasteiger partial charge in [-0.25, -0.2) is 4.98 Å². The van der Waals surface area contributed by atoms with Crippen LogP contribution in [0.1, 0.15) is 6.92 Å². The maximum atomic E-state index is 5.77. The highest BCUT2D eigenvalue weighted by atomic mass is 35.5. The van der Waals surface area contributed by atoms with E-state index >= 15 is 0 Å². The molecule has 16 heavy (non-hydrogen) atoms. The lowest BCUT2D eigenvalue weighted by Crippen LogP contribution is -2.26. The Kier molecular flexibility index (Phi) is 6.80. The van der Waals surface area contributed by atoms with E-state index in [9.17, 15) is 0 Å². The summed E-state index contributed by atoms with van der Waals surface area (Å²) in [5.74, 6) is 0. The monoisotopic (exact) mass is 260 g/mol. The molecule has 1 rings (SSSR count). The fourth-order valence-electron chi connectivity index (χ4n) is 1.16. The number of aromatic nitrogens is 1. The average Bonchev–Trinajstić information content (AvgIpc) is 2.28. The summed E-state index contributed by atoms with van der Waals surface area (Å²) in [7, 11) is 1.71. The number of rotatable bonds is 7. The van der Waals surface area contributed by atoms with Crippen molar-refractivity contribution in [3.05, 3.63) is 23.4 Å². The van der Waals surface area contributed by atoms with E-state index in [0.29, 0.717) is 10.3 Å². The van der Waals surface area contributed by atoms with Gasteiger partial charge < -0.3 is 10.1 Å². The van der Waals surface area contributed by atoms with Gasteiger partial charge in [0, 0.05) is 31.6 Å². The predicted octanol–water partition coefficient (Wildman–Crippen LogP) is 2.45. The van der Waals surface area contributed by atoms with Crippen molar-refractivity contribution in [1.82, 2.24) is 10.3 Å². The number of thioether (sulfide) groups is 1. The normalized spacial score (nSPS) is 12.7. The molecule has 1 N–H and O–H groups in total. The molecule has 0 saturated heterocycles. The van der Waals surface area contributed by atoms with E-state index in [-0.39, 0.29) is 0 Å². The van der Waals surface area contributed by atoms with Crippen LogP contribution >= 0.6 is 23.4 Å². The summed E-state index contributed by atoms with van der Waals surface area (Å²) >= 11 is 7.51. The van der Waals surface area contributed by atoms with Crippen LogP contribution in [0.15, 0.2) is 23.4 Å². The lowest BCUT2D eigenvalue weighted by Gasteiger charge is -2.11. The number of methoxy groups -OCH3 is 1. The molecule has 0 aliphatic rings. The molecule has 1 aromatic rings. The third kappa shape index (κ3) is 5.70. The average molecular weight is 261 g/mol. The summed E-state index contributed by atoms with van der Waals surface area (Å²) in [6.07, 6.45) is 1.68. The number of hydrogen-bond donors (Lipinski definition) is 1. The second-order valence-corrected chi connectivity index (χ2v) is 5.34. The Bertz CT molecular complexity index is 295. The third-order valence-corrected chi connectivity index (χ3v) is 3.21. The van der Waals surface area contributed by atoms with Crippen molar-refractivity contribution in [2.45, 2.75) is 17.2 Å². The molecule has 1 atom stereocenters. The van der Waals surface area contributed by atoms with Crippen molar-refractivity contribution in [3.8, 4) is 0 Å². The first-order valence-electron chi connectivity index (χ1n) is 5.20. The van der Waals surface area contributed by atoms with Gasteiger partial charge in [-0.3, -0.25) is 0 Å². The predicted molar refractivity (Wildman–Crippen MR) is 69.3 cm³/mol. The highest BCUT2D eigenvalue weighted by molar-refractivity contribution is 7.99. The highest BCUT2D eigenvalue weighted by Gasteiger charge is 2.04. The zero-order valence-electron chi connectivity index (χ0n) is 9.57. The van der Waals surface area contributed by atoms with Crippen LogP contribution in [0.5, 0.6) is 0 Å². The zero-order valence-corrected chi connectivity index (χ0v) is 11.1. The van der Waals surface area contributed by atoms with Gasteiger partial charge in [0.1, 0.15) is 0 Å². The summed E-state index contributed by atoms with van der Waals surface area (Å²) < 4.78 is 4.96. The van der Waals surface area contributed by atoms with Gasteiger partial charge in [-0.05, 0) is 12.1 Å². The topological polar surface area (TPSA) is 34.1 Å². The first kappa shape index (κ1) is 13.8. The molecule has 0 amide bonds. The second-order valence-electron chi connectivity index (χ2n) is 3.44.